The topological polar surface area (TPSA) is 160 Å². The third kappa shape index (κ3) is 29.0. The number of benzene rings is 12. The summed E-state index contributed by atoms with van der Waals surface area (Å²) in [5, 5.41) is 68.0. The summed E-state index contributed by atoms with van der Waals surface area (Å²) in [7, 11) is 7.63. The molecule has 12 aromatic carbocycles. The maximum atomic E-state index is 13.7. The van der Waals surface area contributed by atoms with Crippen molar-refractivity contribution in [2.24, 2.45) is 0 Å². The van der Waals surface area contributed by atoms with Gasteiger partial charge in [-0.05, 0) is 152 Å². The fourth-order valence-corrected chi connectivity index (χ4v) is 17.4. The Morgan fingerprint density at radius 2 is 0.672 bits per heavy atom. The molecule has 0 fully saturated rings. The Morgan fingerprint density at radius 1 is 0.393 bits per heavy atom. The monoisotopic (exact) mass is 1930 g/mol. The minimum atomic E-state index is -1.10. The smallest absolute Gasteiger partial charge is 0.0134 e. The number of hydrogen-bond acceptors (Lipinski definition) is 9. The number of rotatable bonds is 13. The van der Waals surface area contributed by atoms with Crippen LogP contribution in [0.4, 0.5) is 13.2 Å². The molecule has 0 saturated carbocycles. The summed E-state index contributed by atoms with van der Waals surface area (Å²) in [5.41, 5.74) is 8.15. The van der Waals surface area contributed by atoms with Gasteiger partial charge in [0.15, 0.2) is 34.7 Å². The standard InChI is InChI=1S/C21H17ClFNO2.2C18H15P.C17H9ClFNO2.C15H8BrClFNO2.C6H10.C5H10Si.2ClH.Pd/c1-2-3-4-5-6-13-10-19(14-7-8-20(26)18(23)9-14)24-21-16(13)11-15(25)12-17(21)22;2*1-4-10-16(11-5-1)19(17-12-6-2-7-13-17)18-14-8-3-9-15-18;1-2-9-6-15(10-3-4-16(22)14(19)5-10)20-17-12(9)7-11(21)8-13(17)18;16-10-6-13(7-1-2-14(21)12(18)3-7)19-15-9(10)4-8(20)5-11(15)17;1-3-5-6-4-2;1-5-6(2,3)4;;;/h7-12,25-26H,2-4H2,1H3;2*1-15H;1,3-8,21-22H;1-6,20-21H;1H,4-6H2,2H3;1H,2-4H3;2*1H;/q;;;;;;;;;+2/p-2. The molecule has 0 amide bonds. The molecule has 9 nitrogen and oxygen atoms in total. The Kier molecular flexibility index (Phi) is 39.3. The van der Waals surface area contributed by atoms with Gasteiger partial charge >= 0.3 is 35.0 Å². The van der Waals surface area contributed by atoms with Crippen molar-refractivity contribution < 1.29 is 59.7 Å². The van der Waals surface area contributed by atoms with Crippen LogP contribution in [0.5, 0.6) is 34.5 Å². The van der Waals surface area contributed by atoms with Crippen molar-refractivity contribution in [1.82, 2.24) is 15.0 Å². The largest absolute Gasteiger partial charge is 0.0622 e. The molecule has 15 rings (SSSR count). The van der Waals surface area contributed by atoms with Crippen molar-refractivity contribution in [3.8, 4) is 117 Å². The van der Waals surface area contributed by atoms with Crippen LogP contribution >= 0.6 is 85.6 Å². The predicted molar refractivity (Wildman–Crippen MR) is 511 cm³/mol. The van der Waals surface area contributed by atoms with Crippen molar-refractivity contribution in [3.63, 3.8) is 0 Å². The first kappa shape index (κ1) is 96.8. The van der Waals surface area contributed by atoms with E-state index >= 15 is 0 Å². The molecule has 622 valence electrons. The van der Waals surface area contributed by atoms with Crippen molar-refractivity contribution in [3.05, 3.63) is 339 Å². The van der Waals surface area contributed by atoms with Crippen LogP contribution in [0.3, 0.4) is 0 Å². The van der Waals surface area contributed by atoms with E-state index in [-0.39, 0.29) is 43.2 Å². The van der Waals surface area contributed by atoms with Gasteiger partial charge in [0.1, 0.15) is 25.3 Å². The van der Waals surface area contributed by atoms with Crippen LogP contribution in [0.15, 0.2) is 296 Å². The molecule has 0 saturated heterocycles. The fraction of sp³-hybridized carbons (Fsp3) is 0.110. The summed E-state index contributed by atoms with van der Waals surface area (Å²) in [6.45, 7) is 10.7. The van der Waals surface area contributed by atoms with E-state index in [1.807, 2.05) is 0 Å². The van der Waals surface area contributed by atoms with Crippen molar-refractivity contribution in [2.45, 2.75) is 72.0 Å². The number of aromatic nitrogens is 3. The maximum absolute atomic E-state index is 13.7. The zero-order valence-corrected chi connectivity index (χ0v) is 76.5. The minimum Gasteiger partial charge on any atom is -0.0622 e. The molecule has 0 atom stereocenters. The van der Waals surface area contributed by atoms with Gasteiger partial charge in [0.2, 0.25) is 0 Å². The second kappa shape index (κ2) is 49.5. The molecule has 22 heteroatoms. The van der Waals surface area contributed by atoms with Crippen LogP contribution < -0.4 is 31.8 Å². The van der Waals surface area contributed by atoms with Crippen molar-refractivity contribution in [1.29, 1.82) is 0 Å². The number of phenolic OH excluding ortho intramolecular Hbond substituents is 6. The van der Waals surface area contributed by atoms with Gasteiger partial charge in [0.05, 0.1) is 48.7 Å². The van der Waals surface area contributed by atoms with Gasteiger partial charge < -0.3 is 30.6 Å². The van der Waals surface area contributed by atoms with Crippen LogP contribution in [0, 0.1) is 65.9 Å². The van der Waals surface area contributed by atoms with Gasteiger partial charge in [0.25, 0.3) is 0 Å². The fourth-order valence-electron chi connectivity index (χ4n) is 11.5. The normalized spacial score (nSPS) is 10.4. The zero-order chi connectivity index (χ0) is 88.3. The summed E-state index contributed by atoms with van der Waals surface area (Å²) in [6, 6.07) is 90.5. The van der Waals surface area contributed by atoms with Crippen LogP contribution in [0.2, 0.25) is 34.7 Å². The molecular weight excluding hydrogens is 1850 g/mol. The Hall–Kier alpha value is -10.6. The SMILES string of the molecule is C#CCCCC.C#C[Si](C)(C)C.C#Cc1cc(-c2ccc(O)c(F)c2)nc2c(Cl)cc(O)cc12.CCCCC#Cc1cc(-c2ccc(O)c(F)c2)nc2c(Cl)cc(O)cc12.Oc1cc(Cl)c2nc(-c3ccc(O)c(F)c3)cc(Br)c2c1.[Cl][Pd][Cl].c1ccc(P(c2ccccc2)c2ccccc2)cc1.c1ccc(P(c2ccccc2)c2ccccc2)cc1. The third-order valence-corrected chi connectivity index (χ3v) is 24.7. The van der Waals surface area contributed by atoms with E-state index in [1.54, 1.807) is 42.5 Å². The second-order valence-corrected chi connectivity index (χ2v) is 41.2. The van der Waals surface area contributed by atoms with E-state index in [0.29, 0.717) is 87.1 Å². The van der Waals surface area contributed by atoms with Crippen LogP contribution in [0.25, 0.3) is 66.5 Å². The quantitative estimate of drug-likeness (QED) is 0.0286. The molecule has 0 aliphatic heterocycles. The van der Waals surface area contributed by atoms with Gasteiger partial charge in [-0.2, -0.15) is 0 Å². The van der Waals surface area contributed by atoms with Gasteiger partial charge in [-0.3, -0.25) is 0 Å². The number of halogens is 9. The number of nitrogens with zero attached hydrogens (tertiary/aromatic N) is 3. The van der Waals surface area contributed by atoms with E-state index in [4.69, 9.17) is 73.1 Å². The number of hydrogen-bond donors (Lipinski definition) is 6. The van der Waals surface area contributed by atoms with Crippen LogP contribution in [0.1, 0.15) is 63.5 Å². The van der Waals surface area contributed by atoms with E-state index < -0.39 is 58.6 Å². The Balaban J connectivity index is 0.000000182. The first-order valence-electron chi connectivity index (χ1n) is 37.9. The van der Waals surface area contributed by atoms with Gasteiger partial charge in [-0.15, -0.1) is 30.7 Å². The van der Waals surface area contributed by atoms with Crippen LogP contribution in [-0.4, -0.2) is 53.7 Å². The first-order chi connectivity index (χ1) is 58.7. The van der Waals surface area contributed by atoms with E-state index in [1.165, 1.54) is 105 Å². The van der Waals surface area contributed by atoms with Crippen LogP contribution in [-0.2, 0) is 15.9 Å². The summed E-state index contributed by atoms with van der Waals surface area (Å²) < 4.78 is 41.4. The predicted octanol–water partition coefficient (Wildman–Crippen LogP) is 26.2. The van der Waals surface area contributed by atoms with Gasteiger partial charge in [-0.25, -0.2) is 28.1 Å². The number of fused-ring (bicyclic) bond motifs is 3. The molecule has 3 heterocycles. The maximum Gasteiger partial charge on any atom is -0.0134 e. The van der Waals surface area contributed by atoms with E-state index in [9.17, 15) is 43.8 Å². The third-order valence-electron chi connectivity index (χ3n) is 17.5. The number of unbranched alkanes of at least 4 members (excludes halogenated alkanes) is 4. The minimum absolute atomic E-state index is 0.0146. The summed E-state index contributed by atoms with van der Waals surface area (Å²) in [5.74, 6) is 7.89. The van der Waals surface area contributed by atoms with Gasteiger partial charge in [-0.1, -0.05) is 297 Å². The molecule has 6 N–H and O–H groups in total. The average Bonchev–Trinajstić information content (AvgIpc) is 0.845. The molecule has 0 aliphatic carbocycles. The molecular formula is C100H84BrCl5F3N3O6P2PdSi. The van der Waals surface area contributed by atoms with E-state index in [2.05, 4.69) is 276 Å². The summed E-state index contributed by atoms with van der Waals surface area (Å²) >= 11 is 21.7. The first-order valence-corrected chi connectivity index (χ1v) is 50.1. The number of aromatic hydroxyl groups is 6. The Morgan fingerprint density at radius 3 is 0.951 bits per heavy atom. The molecule has 122 heavy (non-hydrogen) atoms. The Labute approximate surface area is 754 Å². The zero-order valence-electron chi connectivity index (χ0n) is 66.8. The molecule has 0 radical (unpaired) electrons. The molecule has 0 spiro atoms. The molecule has 15 aromatic rings. The summed E-state index contributed by atoms with van der Waals surface area (Å²) in [6.07, 6.45) is 21.7. The Bertz CT molecular complexity index is 5870. The van der Waals surface area contributed by atoms with Crippen molar-refractivity contribution in [2.75, 3.05) is 0 Å². The molecule has 0 unspecified atom stereocenters. The average molecular weight is 1930 g/mol. The molecule has 3 aromatic heterocycles. The summed E-state index contributed by atoms with van der Waals surface area (Å²) in [4.78, 5) is 13.3. The number of phenols is 6. The van der Waals surface area contributed by atoms with Gasteiger partial charge in [0, 0.05) is 79.5 Å². The number of terminal acetylenes is 3. The van der Waals surface area contributed by atoms with E-state index in [0.717, 1.165) is 31.7 Å². The number of pyridine rings is 3. The van der Waals surface area contributed by atoms with Crippen molar-refractivity contribution >= 4 is 158 Å². The molecule has 0 aliphatic rings. The molecule has 0 bridgehead atoms. The second-order valence-electron chi connectivity index (χ2n) is 27.6.